The van der Waals surface area contributed by atoms with E-state index in [1.807, 2.05) is 0 Å². The van der Waals surface area contributed by atoms with Crippen molar-refractivity contribution in [1.29, 1.82) is 0 Å². The smallest absolute Gasteiger partial charge is 0.323 e. The molecule has 82 valence electrons. The van der Waals surface area contributed by atoms with Crippen LogP contribution in [0.25, 0.3) is 0 Å². The molecule has 0 aliphatic heterocycles. The number of halogens is 2. The van der Waals surface area contributed by atoms with Crippen molar-refractivity contribution in [2.45, 2.75) is 12.1 Å². The average molecular weight is 339 g/mol. The molecule has 0 spiro atoms. The van der Waals surface area contributed by atoms with Crippen LogP contribution in [0.15, 0.2) is 27.1 Å². The van der Waals surface area contributed by atoms with Gasteiger partial charge in [-0.05, 0) is 23.8 Å². The van der Waals surface area contributed by atoms with Gasteiger partial charge in [-0.1, -0.05) is 31.9 Å². The SMILES string of the molecule is NC(C(=O)O)C(O)c1cc(Br)cc(Br)c1. The molecule has 0 amide bonds. The van der Waals surface area contributed by atoms with E-state index in [1.54, 1.807) is 18.2 Å². The minimum absolute atomic E-state index is 0.450. The lowest BCUT2D eigenvalue weighted by Gasteiger charge is -2.15. The lowest BCUT2D eigenvalue weighted by molar-refractivity contribution is -0.141. The predicted octanol–water partition coefficient (Wildman–Crippen LogP) is 1.66. The molecule has 0 saturated heterocycles. The van der Waals surface area contributed by atoms with Gasteiger partial charge in [0.05, 0.1) is 0 Å². The van der Waals surface area contributed by atoms with Gasteiger partial charge in [-0.3, -0.25) is 4.79 Å². The van der Waals surface area contributed by atoms with Crippen molar-refractivity contribution in [3.8, 4) is 0 Å². The highest BCUT2D eigenvalue weighted by molar-refractivity contribution is 9.11. The zero-order chi connectivity index (χ0) is 11.6. The average Bonchev–Trinajstić information content (AvgIpc) is 2.13. The van der Waals surface area contributed by atoms with Crippen molar-refractivity contribution in [1.82, 2.24) is 0 Å². The molecule has 0 heterocycles. The van der Waals surface area contributed by atoms with Crippen LogP contribution in [0.1, 0.15) is 11.7 Å². The fourth-order valence-corrected chi connectivity index (χ4v) is 2.42. The number of nitrogens with two attached hydrogens (primary N) is 1. The summed E-state index contributed by atoms with van der Waals surface area (Å²) >= 11 is 6.48. The molecule has 1 aromatic rings. The van der Waals surface area contributed by atoms with Crippen molar-refractivity contribution >= 4 is 37.8 Å². The van der Waals surface area contributed by atoms with Crippen LogP contribution < -0.4 is 5.73 Å². The van der Waals surface area contributed by atoms with Gasteiger partial charge >= 0.3 is 5.97 Å². The van der Waals surface area contributed by atoms with E-state index < -0.39 is 18.1 Å². The highest BCUT2D eigenvalue weighted by Crippen LogP contribution is 2.25. The molecule has 1 aromatic carbocycles. The first kappa shape index (κ1) is 12.6. The molecule has 0 aliphatic carbocycles. The summed E-state index contributed by atoms with van der Waals surface area (Å²) in [5, 5.41) is 18.3. The van der Waals surface area contributed by atoms with Crippen LogP contribution >= 0.6 is 31.9 Å². The second kappa shape index (κ2) is 5.07. The van der Waals surface area contributed by atoms with Crippen LogP contribution in [0.2, 0.25) is 0 Å². The summed E-state index contributed by atoms with van der Waals surface area (Å²) in [5.74, 6) is -1.24. The molecule has 0 fully saturated rings. The second-order valence-electron chi connectivity index (χ2n) is 3.01. The number of benzene rings is 1. The van der Waals surface area contributed by atoms with Gasteiger partial charge in [0.2, 0.25) is 0 Å². The number of rotatable bonds is 3. The summed E-state index contributed by atoms with van der Waals surface area (Å²) in [4.78, 5) is 10.6. The Bertz CT molecular complexity index is 363. The monoisotopic (exact) mass is 337 g/mol. The summed E-state index contributed by atoms with van der Waals surface area (Å²) in [7, 11) is 0. The molecule has 1 rings (SSSR count). The zero-order valence-electron chi connectivity index (χ0n) is 7.52. The van der Waals surface area contributed by atoms with Crippen LogP contribution in [0.5, 0.6) is 0 Å². The third-order valence-electron chi connectivity index (χ3n) is 1.85. The van der Waals surface area contributed by atoms with Gasteiger partial charge < -0.3 is 15.9 Å². The van der Waals surface area contributed by atoms with Gasteiger partial charge in [0, 0.05) is 8.95 Å². The van der Waals surface area contributed by atoms with E-state index in [0.717, 1.165) is 8.95 Å². The van der Waals surface area contributed by atoms with E-state index in [4.69, 9.17) is 10.8 Å². The number of carboxylic acid groups (broad SMARTS) is 1. The molecule has 4 N–H and O–H groups in total. The van der Waals surface area contributed by atoms with Gasteiger partial charge in [-0.25, -0.2) is 0 Å². The van der Waals surface area contributed by atoms with Gasteiger partial charge in [-0.15, -0.1) is 0 Å². The maximum absolute atomic E-state index is 10.6. The van der Waals surface area contributed by atoms with Crippen LogP contribution in [0.4, 0.5) is 0 Å². The molecule has 4 nitrogen and oxygen atoms in total. The molecule has 0 aliphatic rings. The molecule has 15 heavy (non-hydrogen) atoms. The summed E-state index contributed by atoms with van der Waals surface area (Å²) in [6, 6.07) is 3.70. The van der Waals surface area contributed by atoms with E-state index in [9.17, 15) is 9.90 Å². The summed E-state index contributed by atoms with van der Waals surface area (Å²) in [6.45, 7) is 0. The van der Waals surface area contributed by atoms with Crippen molar-refractivity contribution < 1.29 is 15.0 Å². The molecule has 0 bridgehead atoms. The molecule has 2 unspecified atom stereocenters. The lowest BCUT2D eigenvalue weighted by Crippen LogP contribution is -2.36. The number of aliphatic carboxylic acids is 1. The third kappa shape index (κ3) is 3.27. The Hall–Kier alpha value is -0.430. The Morgan fingerprint density at radius 2 is 1.73 bits per heavy atom. The van der Waals surface area contributed by atoms with Crippen LogP contribution in [0, 0.1) is 0 Å². The van der Waals surface area contributed by atoms with Crippen LogP contribution in [-0.4, -0.2) is 22.2 Å². The Balaban J connectivity index is 3.00. The first-order valence-corrected chi connectivity index (χ1v) is 5.63. The van der Waals surface area contributed by atoms with E-state index >= 15 is 0 Å². The summed E-state index contributed by atoms with van der Waals surface area (Å²) in [5.41, 5.74) is 5.76. The molecule has 0 saturated carbocycles. The number of hydrogen-bond acceptors (Lipinski definition) is 3. The van der Waals surface area contributed by atoms with Crippen molar-refractivity contribution in [3.05, 3.63) is 32.7 Å². The Kier molecular flexibility index (Phi) is 4.27. The number of aliphatic hydroxyl groups excluding tert-OH is 1. The van der Waals surface area contributed by atoms with Crippen molar-refractivity contribution in [2.75, 3.05) is 0 Å². The van der Waals surface area contributed by atoms with E-state index in [-0.39, 0.29) is 0 Å². The molecule has 0 aromatic heterocycles. The minimum Gasteiger partial charge on any atom is -0.480 e. The first-order chi connectivity index (χ1) is 6.91. The summed E-state index contributed by atoms with van der Waals surface area (Å²) < 4.78 is 1.48. The fraction of sp³-hybridized carbons (Fsp3) is 0.222. The maximum Gasteiger partial charge on any atom is 0.323 e. The highest BCUT2D eigenvalue weighted by atomic mass is 79.9. The Morgan fingerprint density at radius 1 is 1.27 bits per heavy atom. The van der Waals surface area contributed by atoms with Crippen molar-refractivity contribution in [2.24, 2.45) is 5.73 Å². The van der Waals surface area contributed by atoms with Gasteiger partial charge in [0.15, 0.2) is 0 Å². The molecular weight excluding hydrogens is 330 g/mol. The topological polar surface area (TPSA) is 83.6 Å². The van der Waals surface area contributed by atoms with Gasteiger partial charge in [-0.2, -0.15) is 0 Å². The van der Waals surface area contributed by atoms with E-state index in [1.165, 1.54) is 0 Å². The van der Waals surface area contributed by atoms with Crippen molar-refractivity contribution in [3.63, 3.8) is 0 Å². The first-order valence-electron chi connectivity index (χ1n) is 4.04. The van der Waals surface area contributed by atoms with Gasteiger partial charge in [0.25, 0.3) is 0 Å². The summed E-state index contributed by atoms with van der Waals surface area (Å²) in [6.07, 6.45) is -1.23. The minimum atomic E-state index is -1.33. The Labute approximate surface area is 103 Å². The predicted molar refractivity (Wildman–Crippen MR) is 62.4 cm³/mol. The zero-order valence-corrected chi connectivity index (χ0v) is 10.7. The molecular formula is C9H9Br2NO3. The fourth-order valence-electron chi connectivity index (χ4n) is 1.09. The van der Waals surface area contributed by atoms with Gasteiger partial charge in [0.1, 0.15) is 12.1 Å². The van der Waals surface area contributed by atoms with Crippen LogP contribution in [-0.2, 0) is 4.79 Å². The molecule has 0 radical (unpaired) electrons. The highest BCUT2D eigenvalue weighted by Gasteiger charge is 2.23. The largest absolute Gasteiger partial charge is 0.480 e. The van der Waals surface area contributed by atoms with E-state index in [2.05, 4.69) is 31.9 Å². The maximum atomic E-state index is 10.6. The quantitative estimate of drug-likeness (QED) is 0.782. The number of carbonyl (C=O) groups is 1. The standard InChI is InChI=1S/C9H9Br2NO3/c10-5-1-4(2-6(11)3-5)8(13)7(12)9(14)15/h1-3,7-8,13H,12H2,(H,14,15). The van der Waals surface area contributed by atoms with E-state index in [0.29, 0.717) is 5.56 Å². The Morgan fingerprint density at radius 3 is 2.13 bits per heavy atom. The van der Waals surface area contributed by atoms with Crippen LogP contribution in [0.3, 0.4) is 0 Å². The second-order valence-corrected chi connectivity index (χ2v) is 4.84. The number of carboxylic acids is 1. The molecule has 6 heteroatoms. The normalized spacial score (nSPS) is 14.7. The lowest BCUT2D eigenvalue weighted by atomic mass is 10.0. The third-order valence-corrected chi connectivity index (χ3v) is 2.77. The number of aliphatic hydroxyl groups is 1. The molecule has 2 atom stereocenters. The number of hydrogen-bond donors (Lipinski definition) is 3.